The smallest absolute Gasteiger partial charge is 0.291 e. The molecule has 1 aromatic carbocycles. The fraction of sp³-hybridized carbons (Fsp3) is 0.133. The average Bonchev–Trinajstić information content (AvgIpc) is 2.88. The summed E-state index contributed by atoms with van der Waals surface area (Å²) in [5.74, 6) is 5.30. The molecule has 0 radical (unpaired) electrons. The van der Waals surface area contributed by atoms with Crippen molar-refractivity contribution in [1.29, 1.82) is 0 Å². The van der Waals surface area contributed by atoms with Gasteiger partial charge in [-0.1, -0.05) is 23.4 Å². The van der Waals surface area contributed by atoms with Crippen molar-refractivity contribution in [3.05, 3.63) is 51.9 Å². The lowest BCUT2D eigenvalue weighted by Gasteiger charge is -2.06. The monoisotopic (exact) mass is 323 g/mol. The third-order valence-electron chi connectivity index (χ3n) is 2.49. The Bertz CT molecular complexity index is 713. The highest BCUT2D eigenvalue weighted by Crippen LogP contribution is 2.21. The normalized spacial score (nSPS) is 9.86. The molecule has 0 aliphatic heterocycles. The van der Waals surface area contributed by atoms with Gasteiger partial charge in [-0.25, -0.2) is 0 Å². The number of furan rings is 1. The number of hydrogen-bond donors (Lipinski definition) is 2. The van der Waals surface area contributed by atoms with Crippen molar-refractivity contribution in [2.45, 2.75) is 6.42 Å². The molecule has 0 unspecified atom stereocenters. The lowest BCUT2D eigenvalue weighted by atomic mass is 10.1. The topological polar surface area (TPSA) is 62.5 Å². The maximum Gasteiger partial charge on any atom is 0.291 e. The predicted octanol–water partition coefficient (Wildman–Crippen LogP) is 3.57. The van der Waals surface area contributed by atoms with Crippen LogP contribution < -0.4 is 5.32 Å². The molecule has 0 atom stereocenters. The summed E-state index contributed by atoms with van der Waals surface area (Å²) in [4.78, 5) is 12.0. The molecule has 6 heteroatoms. The Morgan fingerprint density at radius 3 is 2.76 bits per heavy atom. The Morgan fingerprint density at radius 1 is 1.29 bits per heavy atom. The minimum Gasteiger partial charge on any atom is -0.440 e. The highest BCUT2D eigenvalue weighted by Gasteiger charge is 2.12. The van der Waals surface area contributed by atoms with Gasteiger partial charge < -0.3 is 14.8 Å². The van der Waals surface area contributed by atoms with E-state index in [9.17, 15) is 4.79 Å². The van der Waals surface area contributed by atoms with E-state index in [1.165, 1.54) is 12.1 Å². The molecule has 21 heavy (non-hydrogen) atoms. The van der Waals surface area contributed by atoms with Crippen LogP contribution in [0.4, 0.5) is 5.69 Å². The summed E-state index contributed by atoms with van der Waals surface area (Å²) in [6, 6.07) is 7.89. The summed E-state index contributed by atoms with van der Waals surface area (Å²) in [7, 11) is 0. The van der Waals surface area contributed by atoms with Crippen molar-refractivity contribution in [3.8, 4) is 11.8 Å². The van der Waals surface area contributed by atoms with E-state index >= 15 is 0 Å². The standard InChI is InChI=1S/C15H11Cl2NO3/c16-11-4-5-12(10(9-11)3-1-2-8-19)18-15(20)13-6-7-14(17)21-13/h4-7,9,19H,2,8H2,(H,18,20). The number of aliphatic hydroxyl groups excluding tert-OH is 1. The molecule has 0 aliphatic rings. The third kappa shape index (κ3) is 4.27. The van der Waals surface area contributed by atoms with E-state index in [4.69, 9.17) is 32.7 Å². The van der Waals surface area contributed by atoms with Gasteiger partial charge in [-0.2, -0.15) is 0 Å². The summed E-state index contributed by atoms with van der Waals surface area (Å²) < 4.78 is 5.04. The first-order chi connectivity index (χ1) is 10.1. The minimum absolute atomic E-state index is 0.0276. The van der Waals surface area contributed by atoms with Crippen LogP contribution in [0.2, 0.25) is 10.2 Å². The van der Waals surface area contributed by atoms with Crippen LogP contribution >= 0.6 is 23.2 Å². The van der Waals surface area contributed by atoms with Crippen molar-refractivity contribution < 1.29 is 14.3 Å². The van der Waals surface area contributed by atoms with Gasteiger partial charge >= 0.3 is 0 Å². The molecule has 2 aromatic rings. The van der Waals surface area contributed by atoms with Gasteiger partial charge in [-0.05, 0) is 41.9 Å². The van der Waals surface area contributed by atoms with Crippen LogP contribution in [0.1, 0.15) is 22.5 Å². The maximum atomic E-state index is 12.0. The van der Waals surface area contributed by atoms with Crippen LogP contribution in [0.15, 0.2) is 34.7 Å². The molecule has 0 spiro atoms. The van der Waals surface area contributed by atoms with Crippen molar-refractivity contribution in [2.24, 2.45) is 0 Å². The Labute approximate surface area is 131 Å². The fourth-order valence-electron chi connectivity index (χ4n) is 1.56. The van der Waals surface area contributed by atoms with Gasteiger partial charge in [0.25, 0.3) is 5.91 Å². The van der Waals surface area contributed by atoms with E-state index in [2.05, 4.69) is 17.2 Å². The van der Waals surface area contributed by atoms with E-state index in [1.807, 2.05) is 0 Å². The van der Waals surface area contributed by atoms with Gasteiger partial charge in [0.05, 0.1) is 12.3 Å². The number of carbonyl (C=O) groups is 1. The first-order valence-corrected chi connectivity index (χ1v) is 6.81. The van der Waals surface area contributed by atoms with Gasteiger partial charge in [-0.3, -0.25) is 4.79 Å². The number of nitrogens with one attached hydrogen (secondary N) is 1. The second-order valence-corrected chi connectivity index (χ2v) is 4.83. The van der Waals surface area contributed by atoms with E-state index < -0.39 is 5.91 Å². The molecule has 0 aliphatic carbocycles. The first kappa shape index (κ1) is 15.5. The fourth-order valence-corrected chi connectivity index (χ4v) is 1.88. The quantitative estimate of drug-likeness (QED) is 0.849. The molecule has 0 saturated carbocycles. The number of carbonyl (C=O) groups excluding carboxylic acids is 1. The summed E-state index contributed by atoms with van der Waals surface area (Å²) in [5, 5.41) is 12.1. The van der Waals surface area contributed by atoms with Gasteiger partial charge in [0.1, 0.15) is 0 Å². The molecule has 2 rings (SSSR count). The second-order valence-electron chi connectivity index (χ2n) is 4.02. The average molecular weight is 324 g/mol. The number of anilines is 1. The largest absolute Gasteiger partial charge is 0.440 e. The number of hydrogen-bond acceptors (Lipinski definition) is 3. The SMILES string of the molecule is O=C(Nc1ccc(Cl)cc1C#CCCO)c1ccc(Cl)o1. The Kier molecular flexibility index (Phi) is 5.29. The minimum atomic E-state index is -0.436. The number of rotatable bonds is 3. The molecular weight excluding hydrogens is 313 g/mol. The van der Waals surface area contributed by atoms with Crippen LogP contribution in [0, 0.1) is 11.8 Å². The summed E-state index contributed by atoms with van der Waals surface area (Å²) >= 11 is 11.6. The highest BCUT2D eigenvalue weighted by molar-refractivity contribution is 6.30. The molecule has 1 aromatic heterocycles. The van der Waals surface area contributed by atoms with Gasteiger partial charge in [0.15, 0.2) is 11.0 Å². The molecule has 0 bridgehead atoms. The zero-order valence-electron chi connectivity index (χ0n) is 10.8. The summed E-state index contributed by atoms with van der Waals surface area (Å²) in [6.45, 7) is -0.0276. The van der Waals surface area contributed by atoms with Crippen LogP contribution in [-0.2, 0) is 0 Å². The molecule has 0 fully saturated rings. The van der Waals surface area contributed by atoms with Crippen LogP contribution in [0.25, 0.3) is 0 Å². The van der Waals surface area contributed by atoms with Crippen molar-refractivity contribution >= 4 is 34.8 Å². The Morgan fingerprint density at radius 2 is 2.10 bits per heavy atom. The Hall–Kier alpha value is -1.93. The van der Waals surface area contributed by atoms with Gasteiger partial charge in [-0.15, -0.1) is 0 Å². The molecule has 1 amide bonds. The number of amides is 1. The van der Waals surface area contributed by atoms with Crippen LogP contribution in [-0.4, -0.2) is 17.6 Å². The molecule has 1 heterocycles. The number of aliphatic hydroxyl groups is 1. The molecule has 4 nitrogen and oxygen atoms in total. The number of benzene rings is 1. The summed E-state index contributed by atoms with van der Waals surface area (Å²) in [5.41, 5.74) is 1.06. The first-order valence-electron chi connectivity index (χ1n) is 6.06. The third-order valence-corrected chi connectivity index (χ3v) is 2.92. The lowest BCUT2D eigenvalue weighted by molar-refractivity contribution is 0.0996. The van der Waals surface area contributed by atoms with Gasteiger partial charge in [0.2, 0.25) is 0 Å². The zero-order chi connectivity index (χ0) is 15.2. The van der Waals surface area contributed by atoms with E-state index in [-0.39, 0.29) is 17.6 Å². The maximum absolute atomic E-state index is 12.0. The van der Waals surface area contributed by atoms with Crippen LogP contribution in [0.5, 0.6) is 0 Å². The Balaban J connectivity index is 2.23. The van der Waals surface area contributed by atoms with Crippen molar-refractivity contribution in [2.75, 3.05) is 11.9 Å². The van der Waals surface area contributed by atoms with Crippen molar-refractivity contribution in [1.82, 2.24) is 0 Å². The molecule has 0 saturated heterocycles. The molecular formula is C15H11Cl2NO3. The van der Waals surface area contributed by atoms with Crippen LogP contribution in [0.3, 0.4) is 0 Å². The molecule has 108 valence electrons. The zero-order valence-corrected chi connectivity index (χ0v) is 12.3. The summed E-state index contributed by atoms with van der Waals surface area (Å²) in [6.07, 6.45) is 0.341. The predicted molar refractivity (Wildman–Crippen MR) is 81.7 cm³/mol. The lowest BCUT2D eigenvalue weighted by Crippen LogP contribution is -2.11. The van der Waals surface area contributed by atoms with E-state index in [0.29, 0.717) is 22.7 Å². The highest BCUT2D eigenvalue weighted by atomic mass is 35.5. The van der Waals surface area contributed by atoms with Crippen molar-refractivity contribution in [3.63, 3.8) is 0 Å². The number of halogens is 2. The van der Waals surface area contributed by atoms with E-state index in [1.54, 1.807) is 18.2 Å². The second kappa shape index (κ2) is 7.19. The molecule has 2 N–H and O–H groups in total. The van der Waals surface area contributed by atoms with E-state index in [0.717, 1.165) is 0 Å². The van der Waals surface area contributed by atoms with Gasteiger partial charge in [0, 0.05) is 17.0 Å².